The van der Waals surface area contributed by atoms with Gasteiger partial charge in [-0.1, -0.05) is 12.8 Å². The lowest BCUT2D eigenvalue weighted by atomic mass is 10.2. The first kappa shape index (κ1) is 17.4. The van der Waals surface area contributed by atoms with Crippen LogP contribution in [0.25, 0.3) is 5.78 Å². The van der Waals surface area contributed by atoms with Crippen LogP contribution in [0.15, 0.2) is 6.07 Å². The molecule has 2 N–H and O–H groups in total. The summed E-state index contributed by atoms with van der Waals surface area (Å²) in [5, 5.41) is 9.37. The zero-order valence-electron chi connectivity index (χ0n) is 13.7. The molecule has 1 aliphatic carbocycles. The fourth-order valence-electron chi connectivity index (χ4n) is 2.91. The summed E-state index contributed by atoms with van der Waals surface area (Å²) in [6, 6.07) is 1.81. The maximum Gasteiger partial charge on any atom is 0.453 e. The van der Waals surface area contributed by atoms with Gasteiger partial charge in [-0.15, -0.1) is 5.10 Å². The molecule has 0 atom stereocenters. The average molecular weight is 356 g/mol. The van der Waals surface area contributed by atoms with E-state index in [9.17, 15) is 18.0 Å². The summed E-state index contributed by atoms with van der Waals surface area (Å²) >= 11 is 0. The van der Waals surface area contributed by atoms with Crippen LogP contribution in [0.4, 0.5) is 19.0 Å². The Bertz CT molecular complexity index is 766. The lowest BCUT2D eigenvalue weighted by molar-refractivity contribution is -0.144. The van der Waals surface area contributed by atoms with E-state index in [1.54, 1.807) is 13.0 Å². The molecule has 1 saturated carbocycles. The topological polar surface area (TPSA) is 84.2 Å². The second kappa shape index (κ2) is 6.85. The maximum atomic E-state index is 12.8. The van der Waals surface area contributed by atoms with Crippen molar-refractivity contribution in [3.8, 4) is 0 Å². The summed E-state index contributed by atoms with van der Waals surface area (Å²) in [6.07, 6.45) is -0.151. The second-order valence-electron chi connectivity index (χ2n) is 6.15. The molecule has 0 aromatic carbocycles. The van der Waals surface area contributed by atoms with E-state index in [2.05, 4.69) is 25.7 Å². The number of fused-ring (bicyclic) bond motifs is 1. The molecule has 2 aromatic rings. The fourth-order valence-corrected chi connectivity index (χ4v) is 2.91. The molecule has 3 rings (SSSR count). The zero-order chi connectivity index (χ0) is 18.0. The fraction of sp³-hybridized carbons (Fsp3) is 0.600. The van der Waals surface area contributed by atoms with Gasteiger partial charge in [0.2, 0.25) is 5.91 Å². The van der Waals surface area contributed by atoms with Gasteiger partial charge in [-0.3, -0.25) is 4.79 Å². The van der Waals surface area contributed by atoms with Crippen molar-refractivity contribution in [2.24, 2.45) is 0 Å². The predicted molar refractivity (Wildman–Crippen MR) is 84.0 cm³/mol. The number of rotatable bonds is 5. The zero-order valence-corrected chi connectivity index (χ0v) is 13.7. The van der Waals surface area contributed by atoms with Gasteiger partial charge in [-0.2, -0.15) is 22.7 Å². The number of anilines is 1. The van der Waals surface area contributed by atoms with E-state index in [1.165, 1.54) is 0 Å². The number of carbonyl (C=O) groups is 1. The lowest BCUT2D eigenvalue weighted by Crippen LogP contribution is -2.33. The number of nitrogens with one attached hydrogen (secondary N) is 2. The van der Waals surface area contributed by atoms with Crippen molar-refractivity contribution in [1.29, 1.82) is 0 Å². The third-order valence-corrected chi connectivity index (χ3v) is 4.07. The van der Waals surface area contributed by atoms with Crippen LogP contribution in [0.3, 0.4) is 0 Å². The number of amides is 1. The first-order valence-corrected chi connectivity index (χ1v) is 8.18. The van der Waals surface area contributed by atoms with Gasteiger partial charge in [0.25, 0.3) is 11.6 Å². The molecule has 0 spiro atoms. The highest BCUT2D eigenvalue weighted by Crippen LogP contribution is 2.27. The third-order valence-electron chi connectivity index (χ3n) is 4.07. The summed E-state index contributed by atoms with van der Waals surface area (Å²) in [6.45, 7) is 1.93. The molecule has 0 radical (unpaired) electrons. The van der Waals surface area contributed by atoms with E-state index in [0.29, 0.717) is 11.5 Å². The van der Waals surface area contributed by atoms with Crippen LogP contribution in [-0.4, -0.2) is 38.1 Å². The normalized spacial score (nSPS) is 15.7. The number of carbonyl (C=O) groups excluding carboxylic acids is 1. The molecular formula is C15H19F3N6O. The Morgan fingerprint density at radius 1 is 1.32 bits per heavy atom. The summed E-state index contributed by atoms with van der Waals surface area (Å²) in [5.41, 5.74) is 0.506. The average Bonchev–Trinajstić information content (AvgIpc) is 3.15. The van der Waals surface area contributed by atoms with Crippen molar-refractivity contribution in [2.45, 2.75) is 51.2 Å². The molecule has 1 fully saturated rings. The minimum absolute atomic E-state index is 0.0732. The van der Waals surface area contributed by atoms with Gasteiger partial charge in [-0.25, -0.2) is 4.98 Å². The molecule has 0 aliphatic heterocycles. The molecule has 2 heterocycles. The van der Waals surface area contributed by atoms with Gasteiger partial charge in [0.1, 0.15) is 5.82 Å². The summed E-state index contributed by atoms with van der Waals surface area (Å²) in [4.78, 5) is 19.3. The Kier molecular flexibility index (Phi) is 4.78. The maximum absolute atomic E-state index is 12.8. The Morgan fingerprint density at radius 3 is 2.72 bits per heavy atom. The van der Waals surface area contributed by atoms with Gasteiger partial charge >= 0.3 is 6.18 Å². The smallest absolute Gasteiger partial charge is 0.369 e. The second-order valence-corrected chi connectivity index (χ2v) is 6.15. The van der Waals surface area contributed by atoms with E-state index in [4.69, 9.17) is 0 Å². The molecule has 1 amide bonds. The Morgan fingerprint density at radius 2 is 2.04 bits per heavy atom. The van der Waals surface area contributed by atoms with Crippen LogP contribution in [0.5, 0.6) is 0 Å². The summed E-state index contributed by atoms with van der Waals surface area (Å²) < 4.78 is 39.3. The molecule has 0 saturated heterocycles. The highest BCUT2D eigenvalue weighted by molar-refractivity contribution is 5.76. The van der Waals surface area contributed by atoms with Crippen molar-refractivity contribution >= 4 is 17.5 Å². The van der Waals surface area contributed by atoms with Crippen molar-refractivity contribution in [3.63, 3.8) is 0 Å². The molecule has 136 valence electrons. The molecule has 10 heteroatoms. The van der Waals surface area contributed by atoms with Gasteiger partial charge in [-0.05, 0) is 19.8 Å². The van der Waals surface area contributed by atoms with E-state index in [0.717, 1.165) is 30.2 Å². The highest BCUT2D eigenvalue weighted by Gasteiger charge is 2.36. The summed E-state index contributed by atoms with van der Waals surface area (Å²) in [5.74, 6) is -1.13. The monoisotopic (exact) mass is 356 g/mol. The van der Waals surface area contributed by atoms with Crippen molar-refractivity contribution in [3.05, 3.63) is 17.6 Å². The van der Waals surface area contributed by atoms with Crippen molar-refractivity contribution in [1.82, 2.24) is 24.9 Å². The first-order valence-electron chi connectivity index (χ1n) is 8.18. The number of aryl methyl sites for hydroxylation is 1. The van der Waals surface area contributed by atoms with E-state index in [1.807, 2.05) is 0 Å². The van der Waals surface area contributed by atoms with Crippen LogP contribution in [0.2, 0.25) is 0 Å². The molecule has 0 bridgehead atoms. The van der Waals surface area contributed by atoms with Gasteiger partial charge in [0.05, 0.1) is 0 Å². The van der Waals surface area contributed by atoms with Crippen molar-refractivity contribution in [2.75, 3.05) is 11.9 Å². The molecule has 7 nitrogen and oxygen atoms in total. The minimum Gasteiger partial charge on any atom is -0.369 e. The quantitative estimate of drug-likeness (QED) is 0.859. The number of hydrogen-bond acceptors (Lipinski definition) is 5. The molecule has 1 aliphatic rings. The molecule has 2 aromatic heterocycles. The van der Waals surface area contributed by atoms with E-state index < -0.39 is 12.0 Å². The predicted octanol–water partition coefficient (Wildman–Crippen LogP) is 2.31. The van der Waals surface area contributed by atoms with Crippen molar-refractivity contribution < 1.29 is 18.0 Å². The summed E-state index contributed by atoms with van der Waals surface area (Å²) in [7, 11) is 0. The number of aromatic nitrogens is 4. The lowest BCUT2D eigenvalue weighted by Gasteiger charge is -2.12. The van der Waals surface area contributed by atoms with Gasteiger partial charge < -0.3 is 10.6 Å². The van der Waals surface area contributed by atoms with E-state index in [-0.39, 0.29) is 30.7 Å². The standard InChI is InChI=1S/C15H19F3N6O/c1-9-8-11(19-7-6-12(25)21-10-4-2-3-5-10)24-14(20-9)22-13(23-24)15(16,17)18/h8,10,19H,2-7H2,1H3,(H,21,25). The van der Waals surface area contributed by atoms with Crippen LogP contribution in [-0.2, 0) is 11.0 Å². The number of hydrogen-bond donors (Lipinski definition) is 2. The Labute approximate surface area is 142 Å². The number of alkyl halides is 3. The minimum atomic E-state index is -4.64. The Hall–Kier alpha value is -2.39. The Balaban J connectivity index is 1.66. The van der Waals surface area contributed by atoms with Crippen LogP contribution in [0.1, 0.15) is 43.6 Å². The van der Waals surface area contributed by atoms with Gasteiger partial charge in [0.15, 0.2) is 0 Å². The number of nitrogens with zero attached hydrogens (tertiary/aromatic N) is 4. The molecule has 0 unspecified atom stereocenters. The number of halogens is 3. The van der Waals surface area contributed by atoms with E-state index >= 15 is 0 Å². The van der Waals surface area contributed by atoms with Gasteiger partial charge in [0, 0.05) is 30.8 Å². The highest BCUT2D eigenvalue weighted by atomic mass is 19.4. The van der Waals surface area contributed by atoms with Crippen LogP contribution >= 0.6 is 0 Å². The molecular weight excluding hydrogens is 337 g/mol. The first-order chi connectivity index (χ1) is 11.8. The largest absolute Gasteiger partial charge is 0.453 e. The third kappa shape index (κ3) is 4.18. The SMILES string of the molecule is Cc1cc(NCCC(=O)NC2CCCC2)n2nc(C(F)(F)F)nc2n1. The molecule has 25 heavy (non-hydrogen) atoms. The van der Waals surface area contributed by atoms with Crippen LogP contribution < -0.4 is 10.6 Å². The van der Waals surface area contributed by atoms with Crippen LogP contribution in [0, 0.1) is 6.92 Å².